The Morgan fingerprint density at radius 3 is 2.49 bits per heavy atom. The molecule has 2 heterocycles. The van der Waals surface area contributed by atoms with Crippen molar-refractivity contribution in [1.29, 1.82) is 0 Å². The third-order valence-electron chi connectivity index (χ3n) is 7.42. The summed E-state index contributed by atoms with van der Waals surface area (Å²) in [6.45, 7) is 1.48. The molecule has 0 amide bonds. The van der Waals surface area contributed by atoms with Gasteiger partial charge in [-0.15, -0.1) is 0 Å². The number of rotatable bonds is 9. The predicted octanol–water partition coefficient (Wildman–Crippen LogP) is 1.83. The number of sulfonamides is 2. The van der Waals surface area contributed by atoms with Gasteiger partial charge in [-0.2, -0.15) is 4.31 Å². The molecule has 2 fully saturated rings. The molecule has 2 aliphatic heterocycles. The van der Waals surface area contributed by atoms with Crippen LogP contribution in [0.15, 0.2) is 76.5 Å². The molecule has 39 heavy (non-hydrogen) atoms. The van der Waals surface area contributed by atoms with E-state index in [0.29, 0.717) is 43.2 Å². The summed E-state index contributed by atoms with van der Waals surface area (Å²) in [5.74, 6) is 0.300. The highest BCUT2D eigenvalue weighted by Crippen LogP contribution is 2.37. The fraction of sp³-hybridized carbons (Fsp3) is 0.407. The summed E-state index contributed by atoms with van der Waals surface area (Å²) in [6, 6.07) is 18.8. The number of nitrogens with two attached hydrogens (primary N) is 1. The largest absolute Gasteiger partial charge is 0.491 e. The molecular weight excluding hydrogens is 542 g/mol. The Hall–Kier alpha value is -2.58. The number of primary sulfonamides is 1. The number of benzene rings is 3. The number of piperidine rings is 1. The molecule has 0 radical (unpaired) electrons. The molecule has 0 saturated carbocycles. The average Bonchev–Trinajstić information content (AvgIpc) is 3.32. The Labute approximate surface area is 228 Å². The second kappa shape index (κ2) is 11.1. The number of ether oxygens (including phenoxy) is 2. The summed E-state index contributed by atoms with van der Waals surface area (Å²) in [4.78, 5) is 0.244. The van der Waals surface area contributed by atoms with E-state index in [2.05, 4.69) is 5.32 Å². The van der Waals surface area contributed by atoms with Crippen molar-refractivity contribution in [2.75, 3.05) is 32.8 Å². The van der Waals surface area contributed by atoms with Crippen LogP contribution in [0.1, 0.15) is 19.3 Å². The third-order valence-corrected chi connectivity index (χ3v) is 10.2. The zero-order valence-electron chi connectivity index (χ0n) is 21.4. The molecule has 10 nitrogen and oxygen atoms in total. The van der Waals surface area contributed by atoms with Crippen molar-refractivity contribution < 1.29 is 31.4 Å². The SMILES string of the molecule is NS(=O)(=O)c1cccc(OCC(O)CNC2COC3(CCN(S(=O)(=O)c4ccc5ccccc5c4)CC3)C2)c1. The number of nitrogens with zero attached hydrogens (tertiary/aromatic N) is 1. The second-order valence-corrected chi connectivity index (χ2v) is 13.7. The highest BCUT2D eigenvalue weighted by molar-refractivity contribution is 7.89. The molecule has 3 aromatic carbocycles. The Morgan fingerprint density at radius 2 is 1.74 bits per heavy atom. The molecule has 5 rings (SSSR count). The number of hydrogen-bond acceptors (Lipinski definition) is 8. The summed E-state index contributed by atoms with van der Waals surface area (Å²) in [6.07, 6.45) is 1.10. The molecule has 210 valence electrons. The van der Waals surface area contributed by atoms with Gasteiger partial charge in [0.25, 0.3) is 0 Å². The molecule has 1 spiro atoms. The molecule has 3 aromatic rings. The molecule has 2 saturated heterocycles. The fourth-order valence-corrected chi connectivity index (χ4v) is 7.26. The maximum Gasteiger partial charge on any atom is 0.243 e. The monoisotopic (exact) mass is 575 g/mol. The van der Waals surface area contributed by atoms with Crippen LogP contribution in [0.25, 0.3) is 10.8 Å². The first-order valence-electron chi connectivity index (χ1n) is 12.8. The molecule has 2 atom stereocenters. The van der Waals surface area contributed by atoms with Gasteiger partial charge in [-0.05, 0) is 54.3 Å². The lowest BCUT2D eigenvalue weighted by molar-refractivity contribution is -0.0312. The Morgan fingerprint density at radius 1 is 1.00 bits per heavy atom. The van der Waals surface area contributed by atoms with Crippen LogP contribution in [0, 0.1) is 0 Å². The molecular formula is C27H33N3O7S2. The second-order valence-electron chi connectivity index (χ2n) is 10.2. The van der Waals surface area contributed by atoms with E-state index < -0.39 is 26.2 Å². The number of nitrogens with one attached hydrogen (secondary N) is 1. The number of hydrogen-bond donors (Lipinski definition) is 3. The summed E-state index contributed by atoms with van der Waals surface area (Å²) < 4.78 is 62.8. The minimum absolute atomic E-state index is 0.0222. The van der Waals surface area contributed by atoms with E-state index >= 15 is 0 Å². The number of aliphatic hydroxyl groups excluding tert-OH is 1. The van der Waals surface area contributed by atoms with Gasteiger partial charge in [0.2, 0.25) is 20.0 Å². The minimum atomic E-state index is -3.84. The normalized spacial score (nSPS) is 20.8. The maximum atomic E-state index is 13.3. The van der Waals surface area contributed by atoms with E-state index in [-0.39, 0.29) is 29.7 Å². The summed E-state index contributed by atoms with van der Waals surface area (Å²) >= 11 is 0. The van der Waals surface area contributed by atoms with E-state index in [1.807, 2.05) is 30.3 Å². The third kappa shape index (κ3) is 6.43. The number of fused-ring (bicyclic) bond motifs is 1. The zero-order chi connectivity index (χ0) is 27.7. The topological polar surface area (TPSA) is 148 Å². The van der Waals surface area contributed by atoms with Crippen molar-refractivity contribution in [2.45, 2.75) is 46.8 Å². The lowest BCUT2D eigenvalue weighted by atomic mass is 9.88. The van der Waals surface area contributed by atoms with Crippen molar-refractivity contribution in [1.82, 2.24) is 9.62 Å². The molecule has 2 unspecified atom stereocenters. The van der Waals surface area contributed by atoms with Crippen LogP contribution in [-0.4, -0.2) is 76.8 Å². The maximum absolute atomic E-state index is 13.3. The van der Waals surface area contributed by atoms with Gasteiger partial charge >= 0.3 is 0 Å². The molecule has 4 N–H and O–H groups in total. The highest BCUT2D eigenvalue weighted by Gasteiger charge is 2.44. The first kappa shape index (κ1) is 28.0. The van der Waals surface area contributed by atoms with Gasteiger partial charge in [-0.25, -0.2) is 22.0 Å². The van der Waals surface area contributed by atoms with Crippen molar-refractivity contribution in [3.63, 3.8) is 0 Å². The minimum Gasteiger partial charge on any atom is -0.491 e. The lowest BCUT2D eigenvalue weighted by Crippen LogP contribution is -2.47. The molecule has 2 aliphatic rings. The highest BCUT2D eigenvalue weighted by atomic mass is 32.2. The average molecular weight is 576 g/mol. The van der Waals surface area contributed by atoms with Crippen molar-refractivity contribution in [3.8, 4) is 5.75 Å². The van der Waals surface area contributed by atoms with Crippen LogP contribution >= 0.6 is 0 Å². The van der Waals surface area contributed by atoms with Crippen LogP contribution in [0.3, 0.4) is 0 Å². The first-order chi connectivity index (χ1) is 18.5. The van der Waals surface area contributed by atoms with Gasteiger partial charge in [0, 0.05) is 31.7 Å². The van der Waals surface area contributed by atoms with Gasteiger partial charge in [-0.1, -0.05) is 36.4 Å². The Balaban J connectivity index is 1.10. The fourth-order valence-electron chi connectivity index (χ4n) is 5.23. The van der Waals surface area contributed by atoms with E-state index in [4.69, 9.17) is 14.6 Å². The van der Waals surface area contributed by atoms with Crippen LogP contribution in [0.4, 0.5) is 0 Å². The van der Waals surface area contributed by atoms with Gasteiger partial charge < -0.3 is 19.9 Å². The van der Waals surface area contributed by atoms with Gasteiger partial charge in [0.05, 0.1) is 22.0 Å². The molecule has 0 aliphatic carbocycles. The molecule has 0 aromatic heterocycles. The Bertz CT molecular complexity index is 1540. The summed E-state index contributed by atoms with van der Waals surface area (Å²) in [5, 5.41) is 20.7. The Kier molecular flexibility index (Phi) is 7.98. The van der Waals surface area contributed by atoms with Gasteiger partial charge in [0.15, 0.2) is 0 Å². The smallest absolute Gasteiger partial charge is 0.243 e. The van der Waals surface area contributed by atoms with E-state index in [1.165, 1.54) is 18.2 Å². The standard InChI is InChI=1S/C27H33N3O7S2/c28-38(32,33)25-7-3-6-24(15-25)36-19-23(31)17-29-22-16-27(37-18-22)10-12-30(13-11-27)39(34,35)26-9-8-20-4-1-2-5-21(20)14-26/h1-9,14-15,22-23,29,31H,10-13,16-19H2,(H2,28,32,33). The van der Waals surface area contributed by atoms with E-state index in [9.17, 15) is 21.9 Å². The van der Waals surface area contributed by atoms with Crippen LogP contribution in [0.2, 0.25) is 0 Å². The van der Waals surface area contributed by atoms with Crippen molar-refractivity contribution in [2.24, 2.45) is 5.14 Å². The quantitative estimate of drug-likeness (QED) is 0.350. The van der Waals surface area contributed by atoms with Crippen LogP contribution in [0.5, 0.6) is 5.75 Å². The van der Waals surface area contributed by atoms with Crippen molar-refractivity contribution in [3.05, 3.63) is 66.7 Å². The molecule has 12 heteroatoms. The summed E-state index contributed by atoms with van der Waals surface area (Å²) in [7, 11) is -7.44. The van der Waals surface area contributed by atoms with Gasteiger partial charge in [0.1, 0.15) is 18.5 Å². The van der Waals surface area contributed by atoms with E-state index in [1.54, 1.807) is 22.5 Å². The summed E-state index contributed by atoms with van der Waals surface area (Å²) in [5.41, 5.74) is -0.386. The first-order valence-corrected chi connectivity index (χ1v) is 15.8. The van der Waals surface area contributed by atoms with Gasteiger partial charge in [-0.3, -0.25) is 0 Å². The van der Waals surface area contributed by atoms with Crippen LogP contribution < -0.4 is 15.2 Å². The van der Waals surface area contributed by atoms with E-state index in [0.717, 1.165) is 17.2 Å². The zero-order valence-corrected chi connectivity index (χ0v) is 23.0. The lowest BCUT2D eigenvalue weighted by Gasteiger charge is -2.38. The predicted molar refractivity (Wildman–Crippen MR) is 146 cm³/mol. The number of aliphatic hydroxyl groups is 1. The van der Waals surface area contributed by atoms with Crippen LogP contribution in [-0.2, 0) is 24.8 Å². The molecule has 0 bridgehead atoms. The van der Waals surface area contributed by atoms with Crippen molar-refractivity contribution >= 4 is 30.8 Å².